The summed E-state index contributed by atoms with van der Waals surface area (Å²) in [5, 5.41) is 7.22. The van der Waals surface area contributed by atoms with E-state index in [1.807, 2.05) is 18.2 Å². The second kappa shape index (κ2) is 5.63. The smallest absolute Gasteiger partial charge is 0.123 e. The van der Waals surface area contributed by atoms with Gasteiger partial charge in [-0.25, -0.2) is 4.98 Å². The van der Waals surface area contributed by atoms with Crippen LogP contribution in [0.5, 0.6) is 0 Å². The van der Waals surface area contributed by atoms with E-state index in [1.54, 1.807) is 11.3 Å². The molecule has 1 aromatic carbocycles. The Kier molecular flexibility index (Phi) is 4.15. The van der Waals surface area contributed by atoms with Gasteiger partial charge in [-0.2, -0.15) is 0 Å². The Morgan fingerprint density at radius 2 is 2.24 bits per heavy atom. The number of nitrogens with one attached hydrogen (secondary N) is 1. The lowest BCUT2D eigenvalue weighted by molar-refractivity contribution is 0.715. The van der Waals surface area contributed by atoms with Gasteiger partial charge in [-0.05, 0) is 31.2 Å². The van der Waals surface area contributed by atoms with E-state index in [0.717, 1.165) is 28.8 Å². The van der Waals surface area contributed by atoms with Gasteiger partial charge in [0.25, 0.3) is 0 Å². The monoisotopic (exact) mass is 266 g/mol. The second-order valence-electron chi connectivity index (χ2n) is 3.88. The molecule has 0 unspecified atom stereocenters. The highest BCUT2D eigenvalue weighted by Crippen LogP contribution is 2.28. The first-order chi connectivity index (χ1) is 8.20. The van der Waals surface area contributed by atoms with E-state index in [1.165, 1.54) is 11.1 Å². The molecule has 0 aliphatic heterocycles. The molecular weight excluding hydrogens is 252 g/mol. The third-order valence-corrected chi connectivity index (χ3v) is 3.69. The predicted octanol–water partition coefficient (Wildman–Crippen LogP) is 3.88. The van der Waals surface area contributed by atoms with Crippen molar-refractivity contribution >= 4 is 22.9 Å². The highest BCUT2D eigenvalue weighted by Gasteiger charge is 2.07. The van der Waals surface area contributed by atoms with Gasteiger partial charge < -0.3 is 5.32 Å². The minimum absolute atomic E-state index is 0.774. The summed E-state index contributed by atoms with van der Waals surface area (Å²) >= 11 is 7.63. The Balaban J connectivity index is 2.24. The molecule has 0 aliphatic rings. The van der Waals surface area contributed by atoms with E-state index >= 15 is 0 Å². The SMILES string of the molecule is CCNCc1csc(-c2ccc(Cl)cc2C)n1. The first-order valence-corrected chi connectivity index (χ1v) is 6.88. The quantitative estimate of drug-likeness (QED) is 0.908. The number of aryl methyl sites for hydroxylation is 1. The normalized spacial score (nSPS) is 10.8. The molecule has 4 heteroatoms. The van der Waals surface area contributed by atoms with Gasteiger partial charge in [0, 0.05) is 22.5 Å². The Bertz CT molecular complexity index is 508. The maximum atomic E-state index is 5.95. The van der Waals surface area contributed by atoms with Crippen LogP contribution in [0.4, 0.5) is 0 Å². The van der Waals surface area contributed by atoms with E-state index in [4.69, 9.17) is 11.6 Å². The summed E-state index contributed by atoms with van der Waals surface area (Å²) in [5.41, 5.74) is 3.44. The summed E-state index contributed by atoms with van der Waals surface area (Å²) in [6.45, 7) is 5.95. The van der Waals surface area contributed by atoms with Crippen LogP contribution in [-0.2, 0) is 6.54 Å². The van der Waals surface area contributed by atoms with Crippen molar-refractivity contribution < 1.29 is 0 Å². The third kappa shape index (κ3) is 3.06. The molecule has 2 aromatic rings. The van der Waals surface area contributed by atoms with Crippen LogP contribution in [0.15, 0.2) is 23.6 Å². The number of aromatic nitrogens is 1. The van der Waals surface area contributed by atoms with Crippen LogP contribution in [0.25, 0.3) is 10.6 Å². The summed E-state index contributed by atoms with van der Waals surface area (Å²) in [5.74, 6) is 0. The first-order valence-electron chi connectivity index (χ1n) is 5.62. The van der Waals surface area contributed by atoms with E-state index in [0.29, 0.717) is 0 Å². The van der Waals surface area contributed by atoms with E-state index in [2.05, 4.69) is 29.5 Å². The zero-order chi connectivity index (χ0) is 12.3. The van der Waals surface area contributed by atoms with Gasteiger partial charge in [0.1, 0.15) is 5.01 Å². The van der Waals surface area contributed by atoms with Crippen LogP contribution in [0.2, 0.25) is 5.02 Å². The molecule has 2 nitrogen and oxygen atoms in total. The Morgan fingerprint density at radius 3 is 2.94 bits per heavy atom. The lowest BCUT2D eigenvalue weighted by Crippen LogP contribution is -2.11. The molecule has 1 aromatic heterocycles. The second-order valence-corrected chi connectivity index (χ2v) is 5.18. The third-order valence-electron chi connectivity index (χ3n) is 2.53. The molecule has 0 amide bonds. The van der Waals surface area contributed by atoms with E-state index < -0.39 is 0 Å². The largest absolute Gasteiger partial charge is 0.311 e. The zero-order valence-corrected chi connectivity index (χ0v) is 11.5. The molecule has 90 valence electrons. The molecule has 0 saturated heterocycles. The van der Waals surface area contributed by atoms with Crippen molar-refractivity contribution in [3.05, 3.63) is 39.9 Å². The number of thiazole rings is 1. The van der Waals surface area contributed by atoms with Crippen LogP contribution in [0.1, 0.15) is 18.2 Å². The van der Waals surface area contributed by atoms with Gasteiger partial charge in [-0.1, -0.05) is 24.6 Å². The van der Waals surface area contributed by atoms with Gasteiger partial charge in [0.15, 0.2) is 0 Å². The highest BCUT2D eigenvalue weighted by molar-refractivity contribution is 7.13. The fourth-order valence-electron chi connectivity index (χ4n) is 1.63. The van der Waals surface area contributed by atoms with Crippen LogP contribution >= 0.6 is 22.9 Å². The number of benzene rings is 1. The van der Waals surface area contributed by atoms with Crippen LogP contribution in [0, 0.1) is 6.92 Å². The average molecular weight is 267 g/mol. The van der Waals surface area contributed by atoms with Crippen molar-refractivity contribution in [2.75, 3.05) is 6.54 Å². The molecule has 0 fully saturated rings. The molecule has 2 rings (SSSR count). The molecule has 0 aliphatic carbocycles. The van der Waals surface area contributed by atoms with Crippen LogP contribution < -0.4 is 5.32 Å². The molecule has 0 spiro atoms. The topological polar surface area (TPSA) is 24.9 Å². The Hall–Kier alpha value is -0.900. The fraction of sp³-hybridized carbons (Fsp3) is 0.308. The maximum absolute atomic E-state index is 5.95. The Morgan fingerprint density at radius 1 is 1.41 bits per heavy atom. The number of hydrogen-bond donors (Lipinski definition) is 1. The average Bonchev–Trinajstić information content (AvgIpc) is 2.75. The zero-order valence-electron chi connectivity index (χ0n) is 9.96. The highest BCUT2D eigenvalue weighted by atomic mass is 35.5. The van der Waals surface area contributed by atoms with Crippen molar-refractivity contribution in [2.45, 2.75) is 20.4 Å². The molecule has 0 bridgehead atoms. The molecule has 17 heavy (non-hydrogen) atoms. The number of hydrogen-bond acceptors (Lipinski definition) is 3. The lowest BCUT2D eigenvalue weighted by Gasteiger charge is -2.02. The fourth-order valence-corrected chi connectivity index (χ4v) is 2.77. The van der Waals surface area contributed by atoms with E-state index in [-0.39, 0.29) is 0 Å². The molecule has 0 radical (unpaired) electrons. The molecule has 0 atom stereocenters. The molecule has 1 heterocycles. The van der Waals surface area contributed by atoms with Crippen molar-refractivity contribution in [3.63, 3.8) is 0 Å². The summed E-state index contributed by atoms with van der Waals surface area (Å²) < 4.78 is 0. The van der Waals surface area contributed by atoms with Gasteiger partial charge >= 0.3 is 0 Å². The van der Waals surface area contributed by atoms with Gasteiger partial charge in [-0.15, -0.1) is 11.3 Å². The predicted molar refractivity (Wildman–Crippen MR) is 74.7 cm³/mol. The minimum Gasteiger partial charge on any atom is -0.311 e. The summed E-state index contributed by atoms with van der Waals surface area (Å²) in [7, 11) is 0. The molecular formula is C13H15ClN2S. The molecule has 0 saturated carbocycles. The summed E-state index contributed by atoms with van der Waals surface area (Å²) in [6.07, 6.45) is 0. The lowest BCUT2D eigenvalue weighted by atomic mass is 10.1. The van der Waals surface area contributed by atoms with Gasteiger partial charge in [0.2, 0.25) is 0 Å². The van der Waals surface area contributed by atoms with Gasteiger partial charge in [0.05, 0.1) is 5.69 Å². The standard InChI is InChI=1S/C13H15ClN2S/c1-3-15-7-11-8-17-13(16-11)12-5-4-10(14)6-9(12)2/h4-6,8,15H,3,7H2,1-2H3. The summed E-state index contributed by atoms with van der Waals surface area (Å²) in [6, 6.07) is 5.92. The van der Waals surface area contributed by atoms with Crippen molar-refractivity contribution in [3.8, 4) is 10.6 Å². The van der Waals surface area contributed by atoms with Crippen molar-refractivity contribution in [2.24, 2.45) is 0 Å². The van der Waals surface area contributed by atoms with Crippen molar-refractivity contribution in [1.29, 1.82) is 0 Å². The van der Waals surface area contributed by atoms with Crippen molar-refractivity contribution in [1.82, 2.24) is 10.3 Å². The number of rotatable bonds is 4. The minimum atomic E-state index is 0.774. The van der Waals surface area contributed by atoms with E-state index in [9.17, 15) is 0 Å². The summed E-state index contributed by atoms with van der Waals surface area (Å²) in [4.78, 5) is 4.62. The first kappa shape index (κ1) is 12.6. The Labute approximate surface area is 111 Å². The van der Waals surface area contributed by atoms with Crippen LogP contribution in [-0.4, -0.2) is 11.5 Å². The van der Waals surface area contributed by atoms with Gasteiger partial charge in [-0.3, -0.25) is 0 Å². The van der Waals surface area contributed by atoms with Crippen LogP contribution in [0.3, 0.4) is 0 Å². The number of nitrogens with zero attached hydrogens (tertiary/aromatic N) is 1. The maximum Gasteiger partial charge on any atom is 0.123 e. The molecule has 1 N–H and O–H groups in total. The number of halogens is 1.